The maximum absolute atomic E-state index is 12.8. The predicted molar refractivity (Wildman–Crippen MR) is 110 cm³/mol. The van der Waals surface area contributed by atoms with Crippen molar-refractivity contribution in [2.75, 3.05) is 7.11 Å². The highest BCUT2D eigenvalue weighted by atomic mass is 19.4. The van der Waals surface area contributed by atoms with Gasteiger partial charge in [0.05, 0.1) is 22.6 Å². The number of rotatable bonds is 9. The molecule has 2 rings (SSSR count). The topological polar surface area (TPSA) is 98.7 Å². The first kappa shape index (κ1) is 22.8. The van der Waals surface area contributed by atoms with Crippen molar-refractivity contribution in [2.45, 2.75) is 18.7 Å². The second-order valence-electron chi connectivity index (χ2n) is 6.02. The molecular formula is C21H19F3N4O2. The number of nitrogens with zero attached hydrogens (tertiary/aromatic N) is 2. The number of benzene rings is 2. The van der Waals surface area contributed by atoms with Gasteiger partial charge < -0.3 is 10.1 Å². The average molecular weight is 416 g/mol. The van der Waals surface area contributed by atoms with E-state index < -0.39 is 29.3 Å². The molecule has 1 atom stereocenters. The molecule has 0 saturated carbocycles. The number of halogens is 3. The molecule has 9 heteroatoms. The van der Waals surface area contributed by atoms with Crippen molar-refractivity contribution < 1.29 is 22.7 Å². The molecular weight excluding hydrogens is 397 g/mol. The highest BCUT2D eigenvalue weighted by molar-refractivity contribution is 6.69. The van der Waals surface area contributed by atoms with Gasteiger partial charge in [0.15, 0.2) is 6.10 Å². The predicted octanol–water partition coefficient (Wildman–Crippen LogP) is 4.82. The summed E-state index contributed by atoms with van der Waals surface area (Å²) in [6, 6.07) is 13.0. The Morgan fingerprint density at radius 2 is 1.80 bits per heavy atom. The van der Waals surface area contributed by atoms with Crippen LogP contribution in [0.4, 0.5) is 24.5 Å². The number of ether oxygens (including phenoxy) is 1. The lowest BCUT2D eigenvalue weighted by atomic mass is 10.0. The van der Waals surface area contributed by atoms with E-state index in [0.29, 0.717) is 5.69 Å². The standard InChI is InChI=1S/C21H19F3N4O2/c1-30-18(13-27-16-9-5-6-14(12-16)21(22,23)24)20(29)19(26)17(10-11-25)28-15-7-3-2-4-8-15/h2-9,11-13,18,25-26H,10H2,1H3. The van der Waals surface area contributed by atoms with Crippen LogP contribution in [0.15, 0.2) is 64.6 Å². The first-order chi connectivity index (χ1) is 14.3. The number of carbonyl (C=O) groups is 1. The summed E-state index contributed by atoms with van der Waals surface area (Å²) in [5, 5.41) is 15.4. The molecule has 0 aliphatic rings. The van der Waals surface area contributed by atoms with E-state index in [1.165, 1.54) is 19.2 Å². The first-order valence-electron chi connectivity index (χ1n) is 8.75. The molecule has 0 bridgehead atoms. The van der Waals surface area contributed by atoms with E-state index in [4.69, 9.17) is 15.6 Å². The van der Waals surface area contributed by atoms with Gasteiger partial charge in [0, 0.05) is 26.0 Å². The fourth-order valence-corrected chi connectivity index (χ4v) is 2.40. The van der Waals surface area contributed by atoms with Crippen molar-refractivity contribution >= 4 is 41.0 Å². The summed E-state index contributed by atoms with van der Waals surface area (Å²) in [4.78, 5) is 20.8. The number of hydrogen-bond donors (Lipinski definition) is 2. The number of methoxy groups -OCH3 is 1. The Morgan fingerprint density at radius 3 is 2.40 bits per heavy atom. The summed E-state index contributed by atoms with van der Waals surface area (Å²) in [7, 11) is 1.22. The number of alkyl halides is 3. The third-order valence-corrected chi connectivity index (χ3v) is 3.90. The summed E-state index contributed by atoms with van der Waals surface area (Å²) >= 11 is 0. The lowest BCUT2D eigenvalue weighted by molar-refractivity contribution is -0.137. The van der Waals surface area contributed by atoms with Crippen LogP contribution in [0.5, 0.6) is 0 Å². The molecule has 2 N–H and O–H groups in total. The van der Waals surface area contributed by atoms with E-state index in [1.807, 2.05) is 0 Å². The fourth-order valence-electron chi connectivity index (χ4n) is 2.40. The summed E-state index contributed by atoms with van der Waals surface area (Å²) in [5.41, 5.74) is -0.767. The van der Waals surface area contributed by atoms with Gasteiger partial charge in [-0.05, 0) is 30.3 Å². The van der Waals surface area contributed by atoms with E-state index in [1.54, 1.807) is 30.3 Å². The normalized spacial score (nSPS) is 13.3. The van der Waals surface area contributed by atoms with Gasteiger partial charge in [-0.15, -0.1) is 0 Å². The number of nitrogens with one attached hydrogen (secondary N) is 2. The first-order valence-corrected chi connectivity index (χ1v) is 8.75. The Bertz CT molecular complexity index is 970. The minimum atomic E-state index is -4.51. The quantitative estimate of drug-likeness (QED) is 0.573. The lowest BCUT2D eigenvalue weighted by Crippen LogP contribution is -2.35. The van der Waals surface area contributed by atoms with Crippen molar-refractivity contribution in [3.05, 3.63) is 60.2 Å². The van der Waals surface area contributed by atoms with Crippen molar-refractivity contribution in [3.63, 3.8) is 0 Å². The fraction of sp³-hybridized carbons (Fsp3) is 0.190. The van der Waals surface area contributed by atoms with Crippen LogP contribution in [-0.4, -0.2) is 42.8 Å². The van der Waals surface area contributed by atoms with Crippen LogP contribution in [0.25, 0.3) is 0 Å². The van der Waals surface area contributed by atoms with Gasteiger partial charge in [0.25, 0.3) is 0 Å². The molecule has 0 aromatic heterocycles. The highest BCUT2D eigenvalue weighted by Crippen LogP contribution is 2.31. The summed E-state index contributed by atoms with van der Waals surface area (Å²) in [6.07, 6.45) is -3.79. The Labute approximate surface area is 171 Å². The maximum atomic E-state index is 12.8. The van der Waals surface area contributed by atoms with Crippen LogP contribution >= 0.6 is 0 Å². The molecule has 1 unspecified atom stereocenters. The molecule has 30 heavy (non-hydrogen) atoms. The third-order valence-electron chi connectivity index (χ3n) is 3.90. The van der Waals surface area contributed by atoms with Gasteiger partial charge in [-0.2, -0.15) is 13.2 Å². The molecule has 0 heterocycles. The molecule has 0 saturated heterocycles. The van der Waals surface area contributed by atoms with Crippen LogP contribution < -0.4 is 0 Å². The van der Waals surface area contributed by atoms with Gasteiger partial charge >= 0.3 is 6.18 Å². The molecule has 0 amide bonds. The number of ketones is 1. The maximum Gasteiger partial charge on any atom is 0.416 e. The zero-order valence-electron chi connectivity index (χ0n) is 16.0. The van der Waals surface area contributed by atoms with E-state index in [2.05, 4.69) is 9.98 Å². The summed E-state index contributed by atoms with van der Waals surface area (Å²) in [5.74, 6) is -0.773. The number of hydrogen-bond acceptors (Lipinski definition) is 6. The minimum absolute atomic E-state index is 0.0103. The molecule has 0 spiro atoms. The Morgan fingerprint density at radius 1 is 1.13 bits per heavy atom. The summed E-state index contributed by atoms with van der Waals surface area (Å²) in [6.45, 7) is 0. The summed E-state index contributed by atoms with van der Waals surface area (Å²) < 4.78 is 43.5. The molecule has 0 fully saturated rings. The van der Waals surface area contributed by atoms with Gasteiger partial charge in [0.2, 0.25) is 5.78 Å². The number of aliphatic imine (C=N–C) groups is 2. The minimum Gasteiger partial charge on any atom is -0.367 e. The van der Waals surface area contributed by atoms with Gasteiger partial charge in [-0.25, -0.2) is 0 Å². The SMILES string of the molecule is COC(C=Nc1cccc(C(F)(F)F)c1)C(=O)C(=N)C(CC=N)=Nc1ccccc1. The van der Waals surface area contributed by atoms with Gasteiger partial charge in [-0.1, -0.05) is 24.3 Å². The van der Waals surface area contributed by atoms with Gasteiger partial charge in [0.1, 0.15) is 5.71 Å². The Hall–Kier alpha value is -3.46. The van der Waals surface area contributed by atoms with E-state index in [-0.39, 0.29) is 17.8 Å². The molecule has 6 nitrogen and oxygen atoms in total. The average Bonchev–Trinajstić information content (AvgIpc) is 2.73. The van der Waals surface area contributed by atoms with Crippen molar-refractivity contribution in [1.82, 2.24) is 0 Å². The number of carbonyl (C=O) groups excluding carboxylic acids is 1. The van der Waals surface area contributed by atoms with Crippen molar-refractivity contribution in [1.29, 1.82) is 10.8 Å². The number of Topliss-reactive ketones (excluding diaryl/α,β-unsaturated/α-hetero) is 1. The van der Waals surface area contributed by atoms with Crippen molar-refractivity contribution in [3.8, 4) is 0 Å². The monoisotopic (exact) mass is 416 g/mol. The zero-order chi connectivity index (χ0) is 22.1. The largest absolute Gasteiger partial charge is 0.416 e. The third kappa shape index (κ3) is 6.28. The molecule has 156 valence electrons. The van der Waals surface area contributed by atoms with Crippen LogP contribution in [0.1, 0.15) is 12.0 Å². The van der Waals surface area contributed by atoms with E-state index in [9.17, 15) is 18.0 Å². The second kappa shape index (κ2) is 10.4. The van der Waals surface area contributed by atoms with Crippen LogP contribution in [0.3, 0.4) is 0 Å². The Balaban J connectivity index is 2.23. The van der Waals surface area contributed by atoms with Crippen LogP contribution in [0, 0.1) is 10.8 Å². The van der Waals surface area contributed by atoms with Crippen LogP contribution in [-0.2, 0) is 15.7 Å². The smallest absolute Gasteiger partial charge is 0.367 e. The highest BCUT2D eigenvalue weighted by Gasteiger charge is 2.30. The van der Waals surface area contributed by atoms with E-state index in [0.717, 1.165) is 24.6 Å². The Kier molecular flexibility index (Phi) is 7.88. The molecule has 2 aromatic carbocycles. The molecule has 0 radical (unpaired) electrons. The second-order valence-corrected chi connectivity index (χ2v) is 6.02. The van der Waals surface area contributed by atoms with Crippen LogP contribution in [0.2, 0.25) is 0 Å². The zero-order valence-corrected chi connectivity index (χ0v) is 16.0. The molecule has 2 aromatic rings. The number of para-hydroxylation sites is 1. The molecule has 0 aliphatic heterocycles. The van der Waals surface area contributed by atoms with Gasteiger partial charge in [-0.3, -0.25) is 20.2 Å². The van der Waals surface area contributed by atoms with E-state index >= 15 is 0 Å². The molecule has 0 aliphatic carbocycles. The van der Waals surface area contributed by atoms with Crippen molar-refractivity contribution in [2.24, 2.45) is 9.98 Å². The lowest BCUT2D eigenvalue weighted by Gasteiger charge is -2.12.